The Morgan fingerprint density at radius 3 is 2.87 bits per heavy atom. The van der Waals surface area contributed by atoms with Crippen molar-refractivity contribution < 1.29 is 28.9 Å². The molecule has 3 heterocycles. The Morgan fingerprint density at radius 2 is 2.10 bits per heavy atom. The molecular formula is C20H22ClN3O6S. The lowest BCUT2D eigenvalue weighted by atomic mass is 10.2. The molecule has 2 aromatic rings. The number of pyridine rings is 1. The molecule has 0 amide bonds. The lowest BCUT2D eigenvalue weighted by molar-refractivity contribution is -0.150. The lowest BCUT2D eigenvalue weighted by Crippen LogP contribution is -2.12. The van der Waals surface area contributed by atoms with Gasteiger partial charge < -0.3 is 19.3 Å². The topological polar surface area (TPSA) is 121 Å². The molecule has 0 unspecified atom stereocenters. The van der Waals surface area contributed by atoms with E-state index in [4.69, 9.17) is 30.9 Å². The minimum atomic E-state index is -0.883. The van der Waals surface area contributed by atoms with Gasteiger partial charge in [-0.05, 0) is 25.8 Å². The van der Waals surface area contributed by atoms with Gasteiger partial charge in [-0.1, -0.05) is 23.4 Å². The fourth-order valence-electron chi connectivity index (χ4n) is 2.84. The first-order valence-corrected chi connectivity index (χ1v) is 11.1. The van der Waals surface area contributed by atoms with Crippen molar-refractivity contribution in [2.45, 2.75) is 49.9 Å². The van der Waals surface area contributed by atoms with Crippen molar-refractivity contribution in [3.63, 3.8) is 0 Å². The number of halogens is 1. The highest BCUT2D eigenvalue weighted by molar-refractivity contribution is 7.98. The van der Waals surface area contributed by atoms with Crippen LogP contribution in [0.3, 0.4) is 0 Å². The van der Waals surface area contributed by atoms with Crippen LogP contribution in [-0.2, 0) is 26.5 Å². The van der Waals surface area contributed by atoms with Crippen LogP contribution in [0.2, 0.25) is 5.02 Å². The van der Waals surface area contributed by atoms with Gasteiger partial charge in [0.1, 0.15) is 0 Å². The van der Waals surface area contributed by atoms with Crippen molar-refractivity contribution >= 4 is 35.3 Å². The summed E-state index contributed by atoms with van der Waals surface area (Å²) in [6, 6.07) is 1.74. The van der Waals surface area contributed by atoms with E-state index in [9.17, 15) is 9.59 Å². The molecule has 11 heteroatoms. The minimum Gasteiger partial charge on any atom is -0.481 e. The van der Waals surface area contributed by atoms with E-state index < -0.39 is 11.9 Å². The first-order valence-electron chi connectivity index (χ1n) is 9.70. The van der Waals surface area contributed by atoms with E-state index in [0.717, 1.165) is 16.8 Å². The van der Waals surface area contributed by atoms with Crippen LogP contribution in [-0.4, -0.2) is 45.4 Å². The third-order valence-electron chi connectivity index (χ3n) is 4.50. The minimum absolute atomic E-state index is 0.0288. The molecule has 3 rings (SSSR count). The Bertz CT molecular complexity index is 939. The van der Waals surface area contributed by atoms with Crippen molar-refractivity contribution in [2.75, 3.05) is 13.4 Å². The lowest BCUT2D eigenvalue weighted by Gasteiger charge is -2.11. The smallest absolute Gasteiger partial charge is 0.308 e. The number of thioether (sulfide) groups is 1. The summed E-state index contributed by atoms with van der Waals surface area (Å²) in [4.78, 5) is 35.4. The number of unbranched alkanes of at least 4 members (excludes halogenated alkanes) is 1. The maximum absolute atomic E-state index is 11.8. The number of ether oxygens (including phenoxy) is 3. The number of aliphatic carboxylic acids is 1. The summed E-state index contributed by atoms with van der Waals surface area (Å²) >= 11 is 7.63. The summed E-state index contributed by atoms with van der Waals surface area (Å²) in [5.74, 6) is -0.0313. The van der Waals surface area contributed by atoms with E-state index >= 15 is 0 Å². The quantitative estimate of drug-likeness (QED) is 0.172. The first kappa shape index (κ1) is 23.1. The van der Waals surface area contributed by atoms with Gasteiger partial charge in [0.25, 0.3) is 0 Å². The van der Waals surface area contributed by atoms with Gasteiger partial charge >= 0.3 is 11.9 Å². The molecule has 0 saturated carbocycles. The zero-order valence-corrected chi connectivity index (χ0v) is 18.5. The number of carboxylic acids is 1. The van der Waals surface area contributed by atoms with Crippen LogP contribution in [0.1, 0.15) is 42.5 Å². The number of carbonyl (C=O) groups is 2. The number of hydrogen-bond acceptors (Lipinski definition) is 9. The van der Waals surface area contributed by atoms with Crippen LogP contribution >= 0.6 is 23.4 Å². The number of carboxylic acid groups (broad SMARTS) is 1. The fourth-order valence-corrected chi connectivity index (χ4v) is 4.11. The van der Waals surface area contributed by atoms with Crippen LogP contribution in [0.4, 0.5) is 0 Å². The van der Waals surface area contributed by atoms with Crippen molar-refractivity contribution in [1.29, 1.82) is 0 Å². The van der Waals surface area contributed by atoms with Gasteiger partial charge in [-0.3, -0.25) is 14.6 Å². The van der Waals surface area contributed by atoms with Gasteiger partial charge in [0.15, 0.2) is 5.16 Å². The Hall–Kier alpha value is -2.59. The fraction of sp³-hybridized carbons (Fsp3) is 0.450. The molecule has 31 heavy (non-hydrogen) atoms. The highest BCUT2D eigenvalue weighted by atomic mass is 35.5. The largest absolute Gasteiger partial charge is 0.481 e. The van der Waals surface area contributed by atoms with Gasteiger partial charge in [-0.15, -0.1) is 0 Å². The molecule has 2 aromatic heterocycles. The predicted molar refractivity (Wildman–Crippen MR) is 112 cm³/mol. The molecule has 0 bridgehead atoms. The maximum atomic E-state index is 11.8. The first-order chi connectivity index (χ1) is 14.9. The molecule has 0 spiro atoms. The molecule has 166 valence electrons. The van der Waals surface area contributed by atoms with Crippen LogP contribution in [0.15, 0.2) is 17.4 Å². The van der Waals surface area contributed by atoms with E-state index in [2.05, 4.69) is 15.0 Å². The molecule has 1 aliphatic heterocycles. The van der Waals surface area contributed by atoms with Gasteiger partial charge in [-0.25, -0.2) is 0 Å². The van der Waals surface area contributed by atoms with E-state index in [1.165, 1.54) is 11.8 Å². The molecule has 9 nitrogen and oxygen atoms in total. The van der Waals surface area contributed by atoms with Crippen LogP contribution in [0, 0.1) is 6.92 Å². The molecule has 0 fully saturated rings. The Kier molecular flexibility index (Phi) is 8.30. The molecule has 0 atom stereocenters. The molecule has 0 radical (unpaired) electrons. The average Bonchev–Trinajstić information content (AvgIpc) is 3.19. The summed E-state index contributed by atoms with van der Waals surface area (Å²) in [5.41, 5.74) is 2.47. The van der Waals surface area contributed by atoms with Gasteiger partial charge in [0, 0.05) is 47.5 Å². The Labute approximate surface area is 188 Å². The second-order valence-electron chi connectivity index (χ2n) is 6.72. The number of rotatable bonds is 11. The van der Waals surface area contributed by atoms with Crippen molar-refractivity contribution in [1.82, 2.24) is 15.0 Å². The summed E-state index contributed by atoms with van der Waals surface area (Å²) < 4.78 is 16.2. The number of hydrogen-bond donors (Lipinski definition) is 1. The van der Waals surface area contributed by atoms with Crippen molar-refractivity contribution in [3.8, 4) is 11.8 Å². The second-order valence-corrected chi connectivity index (χ2v) is 8.07. The number of carbonyl (C=O) groups excluding carboxylic acids is 1. The molecule has 1 N–H and O–H groups in total. The van der Waals surface area contributed by atoms with Crippen molar-refractivity contribution in [2.24, 2.45) is 0 Å². The monoisotopic (exact) mass is 467 g/mol. The highest BCUT2D eigenvalue weighted by Gasteiger charge is 2.23. The summed E-state index contributed by atoms with van der Waals surface area (Å²) in [7, 11) is 0. The molecular weight excluding hydrogens is 446 g/mol. The third kappa shape index (κ3) is 6.70. The standard InChI is InChI=1S/C20H22ClN3O6S/c1-12-14(15(21)6-8-22-12)10-31-20-23-18-13(7-9-28-18)19(24-20)30-11-29-17(27)5-3-2-4-16(25)26/h6,8H,2-5,7,9-11H2,1H3,(H,25,26). The number of esters is 1. The van der Waals surface area contributed by atoms with Gasteiger partial charge in [-0.2, -0.15) is 9.97 Å². The van der Waals surface area contributed by atoms with Crippen LogP contribution in [0.5, 0.6) is 11.8 Å². The zero-order valence-electron chi connectivity index (χ0n) is 16.9. The summed E-state index contributed by atoms with van der Waals surface area (Å²) in [6.07, 6.45) is 3.29. The van der Waals surface area contributed by atoms with Crippen molar-refractivity contribution in [3.05, 3.63) is 34.1 Å². The Balaban J connectivity index is 1.56. The molecule has 0 aromatic carbocycles. The van der Waals surface area contributed by atoms with E-state index in [-0.39, 0.29) is 19.6 Å². The molecule has 1 aliphatic rings. The SMILES string of the molecule is Cc1nccc(Cl)c1CSc1nc2c(c(OCOC(=O)CCCCC(=O)O)n1)CCO2. The number of fused-ring (bicyclic) bond motifs is 1. The normalized spacial score (nSPS) is 12.2. The van der Waals surface area contributed by atoms with Gasteiger partial charge in [0.2, 0.25) is 18.6 Å². The van der Waals surface area contributed by atoms with E-state index in [1.54, 1.807) is 12.3 Å². The summed E-state index contributed by atoms with van der Waals surface area (Å²) in [5, 5.41) is 9.69. The molecule has 0 saturated heterocycles. The summed E-state index contributed by atoms with van der Waals surface area (Å²) in [6.45, 7) is 2.07. The van der Waals surface area contributed by atoms with E-state index in [1.807, 2.05) is 6.92 Å². The molecule has 0 aliphatic carbocycles. The van der Waals surface area contributed by atoms with E-state index in [0.29, 0.717) is 53.6 Å². The number of nitrogens with zero attached hydrogens (tertiary/aromatic N) is 3. The zero-order chi connectivity index (χ0) is 22.2. The second kappa shape index (κ2) is 11.1. The van der Waals surface area contributed by atoms with Crippen LogP contribution in [0.25, 0.3) is 0 Å². The van der Waals surface area contributed by atoms with Crippen LogP contribution < -0.4 is 9.47 Å². The van der Waals surface area contributed by atoms with Gasteiger partial charge in [0.05, 0.1) is 12.2 Å². The average molecular weight is 468 g/mol. The maximum Gasteiger partial charge on any atom is 0.308 e. The predicted octanol–water partition coefficient (Wildman–Crippen LogP) is 3.59. The Morgan fingerprint density at radius 1 is 1.29 bits per heavy atom. The highest BCUT2D eigenvalue weighted by Crippen LogP contribution is 2.34. The number of aryl methyl sites for hydroxylation is 1. The number of aromatic nitrogens is 3. The third-order valence-corrected chi connectivity index (χ3v) is 5.73.